The lowest BCUT2D eigenvalue weighted by Crippen LogP contribution is -2.51. The van der Waals surface area contributed by atoms with Crippen LogP contribution in [0.1, 0.15) is 26.7 Å². The summed E-state index contributed by atoms with van der Waals surface area (Å²) in [6, 6.07) is 0.0107. The van der Waals surface area contributed by atoms with Crippen molar-refractivity contribution in [2.75, 3.05) is 19.6 Å². The van der Waals surface area contributed by atoms with E-state index in [-0.39, 0.29) is 18.5 Å². The summed E-state index contributed by atoms with van der Waals surface area (Å²) in [6.07, 6.45) is -0.461. The van der Waals surface area contributed by atoms with Crippen molar-refractivity contribution in [2.45, 2.75) is 39.2 Å². The van der Waals surface area contributed by atoms with Crippen molar-refractivity contribution in [1.82, 2.24) is 10.2 Å². The number of piperidine rings is 1. The Labute approximate surface area is 95.2 Å². The molecule has 1 rings (SSSR count). The first kappa shape index (κ1) is 13.4. The maximum Gasteiger partial charge on any atom is 0.250 e. The van der Waals surface area contributed by atoms with E-state index in [1.54, 1.807) is 4.90 Å². The van der Waals surface area contributed by atoms with Gasteiger partial charge in [-0.15, -0.1) is 0 Å². The molecule has 0 aromatic carbocycles. The molecule has 16 heavy (non-hydrogen) atoms. The summed E-state index contributed by atoms with van der Waals surface area (Å²) in [5.41, 5.74) is 0. The first-order valence-corrected chi connectivity index (χ1v) is 5.80. The molecule has 3 nitrogen and oxygen atoms in total. The van der Waals surface area contributed by atoms with Crippen LogP contribution in [0.15, 0.2) is 0 Å². The van der Waals surface area contributed by atoms with Gasteiger partial charge in [0.15, 0.2) is 0 Å². The molecule has 0 bridgehead atoms. The second-order valence-corrected chi connectivity index (χ2v) is 4.43. The molecule has 5 heteroatoms. The topological polar surface area (TPSA) is 32.3 Å². The molecule has 0 aliphatic carbocycles. The van der Waals surface area contributed by atoms with Gasteiger partial charge in [0, 0.05) is 26.1 Å². The maximum atomic E-state index is 12.1. The zero-order valence-electron chi connectivity index (χ0n) is 9.88. The van der Waals surface area contributed by atoms with Crippen LogP contribution >= 0.6 is 0 Å². The molecule has 94 valence electrons. The van der Waals surface area contributed by atoms with Crippen molar-refractivity contribution in [1.29, 1.82) is 0 Å². The summed E-state index contributed by atoms with van der Waals surface area (Å²) in [5, 5.41) is 2.83. The molecule has 2 atom stereocenters. The van der Waals surface area contributed by atoms with Gasteiger partial charge in [0.05, 0.1) is 6.54 Å². The standard InChI is InChI=1S/C11H20F2N2O/c1-3-9-4-10(14-5-11(12)13)7-15(6-9)8(2)16/h9-11,14H,3-7H2,1-2H3. The second-order valence-electron chi connectivity index (χ2n) is 4.43. The SMILES string of the molecule is CCC1CC(NCC(F)F)CN(C(C)=O)C1. The normalized spacial score (nSPS) is 26.2. The lowest BCUT2D eigenvalue weighted by atomic mass is 9.92. The van der Waals surface area contributed by atoms with Crippen LogP contribution in [0.3, 0.4) is 0 Å². The molecule has 1 fully saturated rings. The van der Waals surface area contributed by atoms with Crippen LogP contribution in [-0.2, 0) is 4.79 Å². The fourth-order valence-electron chi connectivity index (χ4n) is 2.16. The van der Waals surface area contributed by atoms with Gasteiger partial charge in [0.2, 0.25) is 5.91 Å². The van der Waals surface area contributed by atoms with E-state index < -0.39 is 6.43 Å². The molecule has 1 saturated heterocycles. The minimum absolute atomic E-state index is 0.0107. The fourth-order valence-corrected chi connectivity index (χ4v) is 2.16. The molecule has 2 unspecified atom stereocenters. The van der Waals surface area contributed by atoms with Crippen LogP contribution in [0, 0.1) is 5.92 Å². The van der Waals surface area contributed by atoms with Crippen LogP contribution in [-0.4, -0.2) is 42.9 Å². The van der Waals surface area contributed by atoms with E-state index in [1.165, 1.54) is 6.92 Å². The van der Waals surface area contributed by atoms with Gasteiger partial charge in [-0.25, -0.2) is 8.78 Å². The molecule has 0 aromatic heterocycles. The van der Waals surface area contributed by atoms with Gasteiger partial charge in [-0.05, 0) is 12.3 Å². The summed E-state index contributed by atoms with van der Waals surface area (Å²) in [6.45, 7) is 4.63. The number of carbonyl (C=O) groups excluding carboxylic acids is 1. The molecule has 0 saturated carbocycles. The lowest BCUT2D eigenvalue weighted by Gasteiger charge is -2.37. The first-order valence-electron chi connectivity index (χ1n) is 5.80. The van der Waals surface area contributed by atoms with Crippen LogP contribution in [0.25, 0.3) is 0 Å². The second kappa shape index (κ2) is 6.13. The van der Waals surface area contributed by atoms with Crippen molar-refractivity contribution in [3.8, 4) is 0 Å². The van der Waals surface area contributed by atoms with Crippen LogP contribution < -0.4 is 5.32 Å². The average molecular weight is 234 g/mol. The zero-order valence-corrected chi connectivity index (χ0v) is 9.88. The monoisotopic (exact) mass is 234 g/mol. The molecule has 0 radical (unpaired) electrons. The quantitative estimate of drug-likeness (QED) is 0.799. The van der Waals surface area contributed by atoms with E-state index in [1.807, 2.05) is 0 Å². The lowest BCUT2D eigenvalue weighted by molar-refractivity contribution is -0.131. The molecule has 1 heterocycles. The zero-order chi connectivity index (χ0) is 12.1. The van der Waals surface area contributed by atoms with E-state index in [0.29, 0.717) is 12.5 Å². The van der Waals surface area contributed by atoms with Crippen molar-refractivity contribution >= 4 is 5.91 Å². The Kier molecular flexibility index (Phi) is 5.12. The Morgan fingerprint density at radius 3 is 2.69 bits per heavy atom. The summed E-state index contributed by atoms with van der Waals surface area (Å²) in [7, 11) is 0. The van der Waals surface area contributed by atoms with Crippen LogP contribution in [0.4, 0.5) is 8.78 Å². The Balaban J connectivity index is 2.47. The molecule has 0 spiro atoms. The number of nitrogens with one attached hydrogen (secondary N) is 1. The van der Waals surface area contributed by atoms with Gasteiger partial charge in [0.25, 0.3) is 6.43 Å². The maximum absolute atomic E-state index is 12.1. The third-order valence-electron chi connectivity index (χ3n) is 3.12. The number of alkyl halides is 2. The number of hydrogen-bond acceptors (Lipinski definition) is 2. The molecular weight excluding hydrogens is 214 g/mol. The summed E-state index contributed by atoms with van der Waals surface area (Å²) >= 11 is 0. The van der Waals surface area contributed by atoms with Gasteiger partial charge < -0.3 is 10.2 Å². The molecular formula is C11H20F2N2O. The largest absolute Gasteiger partial charge is 0.341 e. The van der Waals surface area contributed by atoms with Crippen molar-refractivity contribution in [3.05, 3.63) is 0 Å². The van der Waals surface area contributed by atoms with Crippen molar-refractivity contribution in [3.63, 3.8) is 0 Å². The summed E-state index contributed by atoms with van der Waals surface area (Å²) in [4.78, 5) is 13.0. The van der Waals surface area contributed by atoms with Gasteiger partial charge >= 0.3 is 0 Å². The number of hydrogen-bond donors (Lipinski definition) is 1. The summed E-state index contributed by atoms with van der Waals surface area (Å²) < 4.78 is 24.2. The number of amides is 1. The third-order valence-corrected chi connectivity index (χ3v) is 3.12. The van der Waals surface area contributed by atoms with Crippen LogP contribution in [0.2, 0.25) is 0 Å². The van der Waals surface area contributed by atoms with E-state index in [0.717, 1.165) is 19.4 Å². The minimum Gasteiger partial charge on any atom is -0.341 e. The van der Waals surface area contributed by atoms with Gasteiger partial charge in [0.1, 0.15) is 0 Å². The Morgan fingerprint density at radius 1 is 1.50 bits per heavy atom. The predicted octanol–water partition coefficient (Wildman–Crippen LogP) is 1.49. The number of nitrogens with zero attached hydrogens (tertiary/aromatic N) is 1. The molecule has 1 aliphatic heterocycles. The highest BCUT2D eigenvalue weighted by Gasteiger charge is 2.27. The fraction of sp³-hybridized carbons (Fsp3) is 0.909. The third kappa shape index (κ3) is 4.04. The highest BCUT2D eigenvalue weighted by atomic mass is 19.3. The van der Waals surface area contributed by atoms with Crippen molar-refractivity contribution in [2.24, 2.45) is 5.92 Å². The Hall–Kier alpha value is -0.710. The number of likely N-dealkylation sites (tertiary alicyclic amines) is 1. The van der Waals surface area contributed by atoms with Crippen LogP contribution in [0.5, 0.6) is 0 Å². The molecule has 1 aliphatic rings. The smallest absolute Gasteiger partial charge is 0.250 e. The summed E-state index contributed by atoms with van der Waals surface area (Å²) in [5.74, 6) is 0.454. The van der Waals surface area contributed by atoms with Gasteiger partial charge in [-0.1, -0.05) is 13.3 Å². The van der Waals surface area contributed by atoms with E-state index in [9.17, 15) is 13.6 Å². The Morgan fingerprint density at radius 2 is 2.19 bits per heavy atom. The molecule has 0 aromatic rings. The predicted molar refractivity (Wildman–Crippen MR) is 58.4 cm³/mol. The first-order chi connectivity index (χ1) is 7.52. The highest BCUT2D eigenvalue weighted by Crippen LogP contribution is 2.19. The van der Waals surface area contributed by atoms with E-state index in [2.05, 4.69) is 12.2 Å². The van der Waals surface area contributed by atoms with Gasteiger partial charge in [-0.2, -0.15) is 0 Å². The number of halogens is 2. The minimum atomic E-state index is -2.33. The van der Waals surface area contributed by atoms with E-state index >= 15 is 0 Å². The average Bonchev–Trinajstić information content (AvgIpc) is 2.25. The van der Waals surface area contributed by atoms with E-state index in [4.69, 9.17) is 0 Å². The Bertz CT molecular complexity index is 236. The van der Waals surface area contributed by atoms with Crippen molar-refractivity contribution < 1.29 is 13.6 Å². The van der Waals surface area contributed by atoms with Gasteiger partial charge in [-0.3, -0.25) is 4.79 Å². The molecule has 1 amide bonds. The molecule has 1 N–H and O–H groups in total. The number of rotatable bonds is 4. The highest BCUT2D eigenvalue weighted by molar-refractivity contribution is 5.73. The number of carbonyl (C=O) groups is 1.